The van der Waals surface area contributed by atoms with Crippen LogP contribution in [-0.4, -0.2) is 75.9 Å². The van der Waals surface area contributed by atoms with Crippen molar-refractivity contribution in [1.29, 1.82) is 0 Å². The molecule has 0 radical (unpaired) electrons. The summed E-state index contributed by atoms with van der Waals surface area (Å²) in [5, 5.41) is 14.0. The van der Waals surface area contributed by atoms with E-state index in [1.807, 2.05) is 0 Å². The Balaban J connectivity index is 1.41. The highest BCUT2D eigenvalue weighted by Gasteiger charge is 2.37. The van der Waals surface area contributed by atoms with Gasteiger partial charge < -0.3 is 20.1 Å². The summed E-state index contributed by atoms with van der Waals surface area (Å²) >= 11 is 0. The van der Waals surface area contributed by atoms with E-state index in [4.69, 9.17) is 9.72 Å². The van der Waals surface area contributed by atoms with E-state index in [1.165, 1.54) is 31.0 Å². The van der Waals surface area contributed by atoms with Crippen LogP contribution < -0.4 is 15.0 Å². The number of likely N-dealkylation sites (tertiary alicyclic amines) is 1. The Kier molecular flexibility index (Phi) is 6.08. The maximum absolute atomic E-state index is 15.3. The first-order valence-corrected chi connectivity index (χ1v) is 12.7. The smallest absolute Gasteiger partial charge is 0.320 e. The number of hydrogen-bond acceptors (Lipinski definition) is 8. The molecule has 1 aliphatic carbocycles. The van der Waals surface area contributed by atoms with E-state index in [0.717, 1.165) is 38.5 Å². The van der Waals surface area contributed by atoms with Gasteiger partial charge in [0.15, 0.2) is 11.5 Å². The lowest BCUT2D eigenvalue weighted by molar-refractivity contribution is 0.159. The summed E-state index contributed by atoms with van der Waals surface area (Å²) in [4.78, 5) is 18.2. The van der Waals surface area contributed by atoms with Crippen molar-refractivity contribution in [3.05, 3.63) is 35.9 Å². The second-order valence-corrected chi connectivity index (χ2v) is 9.98. The van der Waals surface area contributed by atoms with Gasteiger partial charge in [0.05, 0.1) is 10.9 Å². The Morgan fingerprint density at radius 3 is 2.75 bits per heavy atom. The largest absolute Gasteiger partial charge is 0.507 e. The number of aromatic hydroxyl groups is 1. The second kappa shape index (κ2) is 9.40. The minimum Gasteiger partial charge on any atom is -0.507 e. The number of phenols is 1. The normalized spacial score (nSPS) is 22.9. The zero-order valence-corrected chi connectivity index (χ0v) is 20.3. The van der Waals surface area contributed by atoms with Gasteiger partial charge in [-0.2, -0.15) is 9.97 Å². The Morgan fingerprint density at radius 2 is 1.97 bits per heavy atom. The van der Waals surface area contributed by atoms with E-state index < -0.39 is 11.6 Å². The fourth-order valence-corrected chi connectivity index (χ4v) is 5.45. The molecule has 1 saturated carbocycles. The Labute approximate surface area is 208 Å². The van der Waals surface area contributed by atoms with Crippen LogP contribution in [0.4, 0.5) is 14.6 Å². The molecule has 0 bridgehead atoms. The second-order valence-electron chi connectivity index (χ2n) is 9.98. The standard InChI is InChI=1S/C26H30F2N6O2/c1-15-13-29-9-11-33(15)25-18-12-20(28)23(22-19(27)5-2-6-21(22)35)30-24(18)31-26(32-25)36-14-17-4-3-10-34(17)16-7-8-16/h2,5-6,12,15-17,29,35H,3-4,7-11,13-14H2,1H3/t15-,17+/m1/s1. The number of piperazine rings is 1. The van der Waals surface area contributed by atoms with Crippen molar-refractivity contribution in [1.82, 2.24) is 25.2 Å². The summed E-state index contributed by atoms with van der Waals surface area (Å²) in [5.41, 5.74) is -0.385. The van der Waals surface area contributed by atoms with Crippen LogP contribution in [0.25, 0.3) is 22.3 Å². The minimum atomic E-state index is -0.761. The first-order chi connectivity index (χ1) is 17.5. The third-order valence-corrected chi connectivity index (χ3v) is 7.45. The summed E-state index contributed by atoms with van der Waals surface area (Å²) in [6.07, 6.45) is 4.72. The summed E-state index contributed by atoms with van der Waals surface area (Å²) in [6.45, 7) is 5.85. The summed E-state index contributed by atoms with van der Waals surface area (Å²) in [7, 11) is 0. The zero-order valence-electron chi connectivity index (χ0n) is 20.3. The van der Waals surface area contributed by atoms with Crippen molar-refractivity contribution in [2.45, 2.75) is 50.7 Å². The van der Waals surface area contributed by atoms with Gasteiger partial charge in [-0.3, -0.25) is 4.90 Å². The fraction of sp³-hybridized carbons (Fsp3) is 0.500. The Hall–Kier alpha value is -3.11. The van der Waals surface area contributed by atoms with Crippen LogP contribution in [0.2, 0.25) is 0 Å². The molecule has 0 amide bonds. The van der Waals surface area contributed by atoms with Gasteiger partial charge in [0, 0.05) is 37.8 Å². The highest BCUT2D eigenvalue weighted by atomic mass is 19.1. The molecule has 36 heavy (non-hydrogen) atoms. The van der Waals surface area contributed by atoms with Gasteiger partial charge in [0.25, 0.3) is 0 Å². The van der Waals surface area contributed by atoms with Crippen LogP contribution in [-0.2, 0) is 0 Å². The SMILES string of the molecule is C[C@@H]1CNCCN1c1nc(OC[C@@H]2CCCN2C2CC2)nc2nc(-c3c(O)cccc3F)c(F)cc12. The molecular formula is C26H30F2N6O2. The summed E-state index contributed by atoms with van der Waals surface area (Å²) in [6, 6.07) is 6.39. The minimum absolute atomic E-state index is 0.114. The predicted molar refractivity (Wildman–Crippen MR) is 132 cm³/mol. The summed E-state index contributed by atoms with van der Waals surface area (Å²) in [5.74, 6) is -1.35. The molecule has 190 valence electrons. The molecule has 10 heteroatoms. The van der Waals surface area contributed by atoms with Crippen molar-refractivity contribution in [2.24, 2.45) is 0 Å². The first kappa shape index (κ1) is 23.3. The molecule has 2 saturated heterocycles. The lowest BCUT2D eigenvalue weighted by Gasteiger charge is -2.35. The molecular weight excluding hydrogens is 466 g/mol. The molecule has 2 N–H and O–H groups in total. The number of rotatable bonds is 6. The van der Waals surface area contributed by atoms with Crippen molar-refractivity contribution < 1.29 is 18.6 Å². The third-order valence-electron chi connectivity index (χ3n) is 7.45. The predicted octanol–water partition coefficient (Wildman–Crippen LogP) is 3.48. The van der Waals surface area contributed by atoms with E-state index >= 15 is 4.39 Å². The van der Waals surface area contributed by atoms with Gasteiger partial charge in [-0.1, -0.05) is 6.07 Å². The van der Waals surface area contributed by atoms with Crippen molar-refractivity contribution in [3.63, 3.8) is 0 Å². The van der Waals surface area contributed by atoms with Crippen LogP contribution in [0.5, 0.6) is 11.8 Å². The van der Waals surface area contributed by atoms with E-state index in [2.05, 4.69) is 32.0 Å². The molecule has 2 atom stereocenters. The van der Waals surface area contributed by atoms with Crippen LogP contribution in [0.3, 0.4) is 0 Å². The first-order valence-electron chi connectivity index (χ1n) is 12.7. The molecule has 2 aromatic heterocycles. The lowest BCUT2D eigenvalue weighted by atomic mass is 10.1. The average Bonchev–Trinajstić information content (AvgIpc) is 3.60. The van der Waals surface area contributed by atoms with Crippen LogP contribution >= 0.6 is 0 Å². The molecule has 2 aliphatic heterocycles. The highest BCUT2D eigenvalue weighted by molar-refractivity contribution is 5.90. The van der Waals surface area contributed by atoms with Crippen molar-refractivity contribution in [2.75, 3.05) is 37.7 Å². The fourth-order valence-electron chi connectivity index (χ4n) is 5.45. The maximum Gasteiger partial charge on any atom is 0.320 e. The number of anilines is 1. The molecule has 3 fully saturated rings. The van der Waals surface area contributed by atoms with Gasteiger partial charge in [-0.15, -0.1) is 0 Å². The monoisotopic (exact) mass is 496 g/mol. The van der Waals surface area contributed by atoms with E-state index in [-0.39, 0.29) is 34.7 Å². The molecule has 8 nitrogen and oxygen atoms in total. The number of phenolic OH excluding ortho intramolecular Hbond substituents is 1. The maximum atomic E-state index is 15.3. The Bertz CT molecular complexity index is 1270. The molecule has 3 aromatic rings. The topological polar surface area (TPSA) is 86.6 Å². The van der Waals surface area contributed by atoms with Gasteiger partial charge in [0.2, 0.25) is 0 Å². The van der Waals surface area contributed by atoms with Crippen LogP contribution in [0, 0.1) is 11.6 Å². The lowest BCUT2D eigenvalue weighted by Crippen LogP contribution is -2.50. The van der Waals surface area contributed by atoms with Crippen molar-refractivity contribution >= 4 is 16.9 Å². The van der Waals surface area contributed by atoms with Crippen LogP contribution in [0.15, 0.2) is 24.3 Å². The number of nitrogens with zero attached hydrogens (tertiary/aromatic N) is 5. The van der Waals surface area contributed by atoms with Gasteiger partial charge in [0.1, 0.15) is 29.7 Å². The van der Waals surface area contributed by atoms with Crippen molar-refractivity contribution in [3.8, 4) is 23.0 Å². The zero-order chi connectivity index (χ0) is 24.8. The highest BCUT2D eigenvalue weighted by Crippen LogP contribution is 2.36. The number of halogens is 2. The molecule has 3 aliphatic rings. The molecule has 1 aromatic carbocycles. The average molecular weight is 497 g/mol. The molecule has 0 unspecified atom stereocenters. The van der Waals surface area contributed by atoms with E-state index in [1.54, 1.807) is 0 Å². The van der Waals surface area contributed by atoms with Gasteiger partial charge in [-0.05, 0) is 57.4 Å². The van der Waals surface area contributed by atoms with E-state index in [9.17, 15) is 9.50 Å². The Morgan fingerprint density at radius 1 is 1.11 bits per heavy atom. The number of nitrogens with one attached hydrogen (secondary N) is 1. The number of aromatic nitrogens is 3. The van der Waals surface area contributed by atoms with Gasteiger partial charge >= 0.3 is 6.01 Å². The molecule has 6 rings (SSSR count). The number of benzene rings is 1. The molecule has 4 heterocycles. The van der Waals surface area contributed by atoms with E-state index in [0.29, 0.717) is 36.4 Å². The third kappa shape index (κ3) is 4.32. The number of ether oxygens (including phenoxy) is 1. The number of hydrogen-bond donors (Lipinski definition) is 2. The number of pyridine rings is 1. The molecule has 0 spiro atoms. The number of fused-ring (bicyclic) bond motifs is 1. The summed E-state index contributed by atoms with van der Waals surface area (Å²) < 4.78 is 36.0. The van der Waals surface area contributed by atoms with Crippen LogP contribution in [0.1, 0.15) is 32.6 Å². The quantitative estimate of drug-likeness (QED) is 0.537. The van der Waals surface area contributed by atoms with Gasteiger partial charge in [-0.25, -0.2) is 13.8 Å².